The molecule has 0 spiro atoms. The van der Waals surface area contributed by atoms with Crippen LogP contribution in [0.15, 0.2) is 52.5 Å². The third-order valence-corrected chi connectivity index (χ3v) is 7.92. The van der Waals surface area contributed by atoms with Gasteiger partial charge in [-0.1, -0.05) is 31.7 Å². The van der Waals surface area contributed by atoms with Crippen molar-refractivity contribution in [3.8, 4) is 11.5 Å². The summed E-state index contributed by atoms with van der Waals surface area (Å²) in [7, 11) is 0. The minimum absolute atomic E-state index is 0.0843. The summed E-state index contributed by atoms with van der Waals surface area (Å²) in [6.45, 7) is 7.23. The molecule has 2 aliphatic rings. The summed E-state index contributed by atoms with van der Waals surface area (Å²) in [5.41, 5.74) is 1.91. The van der Waals surface area contributed by atoms with Gasteiger partial charge in [-0.15, -0.1) is 0 Å². The van der Waals surface area contributed by atoms with E-state index >= 15 is 0 Å². The fraction of sp³-hybridized carbons (Fsp3) is 0.355. The summed E-state index contributed by atoms with van der Waals surface area (Å²) in [5.74, 6) is -2.79. The number of nitrogens with one attached hydrogen (secondary N) is 2. The van der Waals surface area contributed by atoms with E-state index in [2.05, 4.69) is 22.2 Å². The Hall–Kier alpha value is -5.00. The Morgan fingerprint density at radius 3 is 2.58 bits per heavy atom. The van der Waals surface area contributed by atoms with Crippen LogP contribution in [-0.4, -0.2) is 81.1 Å². The number of furan rings is 1. The minimum Gasteiger partial charge on any atom is -0.507 e. The van der Waals surface area contributed by atoms with Crippen molar-refractivity contribution in [1.29, 1.82) is 0 Å². The van der Waals surface area contributed by atoms with Crippen LogP contribution in [0.5, 0.6) is 11.5 Å². The normalized spacial score (nSPS) is 15.7. The van der Waals surface area contributed by atoms with Gasteiger partial charge in [-0.3, -0.25) is 9.59 Å². The second kappa shape index (κ2) is 12.5. The molecule has 1 fully saturated rings. The molecule has 0 saturated carbocycles. The lowest BCUT2D eigenvalue weighted by atomic mass is 9.94. The van der Waals surface area contributed by atoms with Crippen LogP contribution in [0.4, 0.5) is 0 Å². The molecule has 5 N–H and O–H groups in total. The zero-order chi connectivity index (χ0) is 30.7. The van der Waals surface area contributed by atoms with Gasteiger partial charge in [0.25, 0.3) is 11.8 Å². The molecule has 12 heteroatoms. The number of aliphatic imine (C=N–C) groups is 1. The van der Waals surface area contributed by atoms with Gasteiger partial charge in [0.05, 0.1) is 0 Å². The number of carboxylic acid groups (broad SMARTS) is 1. The Labute approximate surface area is 248 Å². The standard InChI is InChI=1S/C31H35N5O7/c1-3-19-21-9-5-6-10-24(21)43-27(19)29(40)36-14-11-20-18(17-36)15-23(37)25(26(20)38)28(39)34-22(30(41)42)16-33-31(32-4-2)35-12-7-8-13-35/h4-6,9-10,15,22,37-38H,2-3,7-8,11-14,16-17H2,1H3,(H,32,33)(H,34,39)(H,41,42)/t22-/m0/s1. The number of aliphatic carboxylic acids is 1. The molecule has 5 rings (SSSR count). The second-order valence-electron chi connectivity index (χ2n) is 10.6. The summed E-state index contributed by atoms with van der Waals surface area (Å²) < 4.78 is 5.91. The van der Waals surface area contributed by atoms with Crippen LogP contribution in [0, 0.1) is 0 Å². The van der Waals surface area contributed by atoms with Gasteiger partial charge in [0, 0.05) is 55.4 Å². The van der Waals surface area contributed by atoms with Gasteiger partial charge in [0.2, 0.25) is 0 Å². The molecule has 2 amide bonds. The van der Waals surface area contributed by atoms with Gasteiger partial charge in [-0.05, 0) is 43.4 Å². The Morgan fingerprint density at radius 1 is 1.14 bits per heavy atom. The van der Waals surface area contributed by atoms with Crippen LogP contribution in [0.3, 0.4) is 0 Å². The number of carbonyl (C=O) groups is 3. The van der Waals surface area contributed by atoms with Crippen molar-refractivity contribution in [3.63, 3.8) is 0 Å². The number of para-hydroxylation sites is 1. The molecule has 0 unspecified atom stereocenters. The first-order valence-corrected chi connectivity index (χ1v) is 14.3. The number of guanidine groups is 1. The number of fused-ring (bicyclic) bond motifs is 2. The quantitative estimate of drug-likeness (QED) is 0.196. The number of hydrogen-bond acceptors (Lipinski definition) is 7. The Bertz CT molecular complexity index is 1610. The second-order valence-corrected chi connectivity index (χ2v) is 10.6. The number of benzene rings is 2. The van der Waals surface area contributed by atoms with Crippen LogP contribution in [0.25, 0.3) is 11.0 Å². The lowest BCUT2D eigenvalue weighted by Gasteiger charge is -2.30. The fourth-order valence-electron chi connectivity index (χ4n) is 5.74. The average Bonchev–Trinajstić information content (AvgIpc) is 3.66. The number of nitrogens with zero attached hydrogens (tertiary/aromatic N) is 3. The van der Waals surface area contributed by atoms with Crippen LogP contribution in [0.2, 0.25) is 0 Å². The van der Waals surface area contributed by atoms with Gasteiger partial charge in [0.15, 0.2) is 11.7 Å². The molecule has 43 heavy (non-hydrogen) atoms. The highest BCUT2D eigenvalue weighted by atomic mass is 16.4. The number of phenolic OH excluding ortho intramolecular Hbond substituents is 2. The molecule has 2 aromatic carbocycles. The van der Waals surface area contributed by atoms with Crippen molar-refractivity contribution in [2.75, 3.05) is 26.2 Å². The molecule has 1 aromatic heterocycles. The molecule has 3 heterocycles. The lowest BCUT2D eigenvalue weighted by Crippen LogP contribution is -2.51. The van der Waals surface area contributed by atoms with E-state index in [1.165, 1.54) is 12.3 Å². The predicted molar refractivity (Wildman–Crippen MR) is 159 cm³/mol. The molecule has 1 atom stereocenters. The van der Waals surface area contributed by atoms with E-state index in [-0.39, 0.29) is 37.7 Å². The summed E-state index contributed by atoms with van der Waals surface area (Å²) >= 11 is 0. The van der Waals surface area contributed by atoms with Crippen LogP contribution in [0.1, 0.15) is 57.4 Å². The summed E-state index contributed by atoms with van der Waals surface area (Å²) in [4.78, 5) is 46.4. The molecule has 0 radical (unpaired) electrons. The molecule has 12 nitrogen and oxygen atoms in total. The lowest BCUT2D eigenvalue weighted by molar-refractivity contribution is -0.139. The van der Waals surface area contributed by atoms with Crippen LogP contribution in [-0.2, 0) is 24.2 Å². The first kappa shape index (κ1) is 29.5. The van der Waals surface area contributed by atoms with Crippen molar-refractivity contribution in [2.24, 2.45) is 4.99 Å². The average molecular weight is 590 g/mol. The maximum atomic E-state index is 13.5. The van der Waals surface area contributed by atoms with Crippen LogP contribution < -0.4 is 10.6 Å². The van der Waals surface area contributed by atoms with Gasteiger partial charge in [-0.25, -0.2) is 9.79 Å². The van der Waals surface area contributed by atoms with Gasteiger partial charge in [-0.2, -0.15) is 0 Å². The van der Waals surface area contributed by atoms with E-state index in [1.54, 1.807) is 4.90 Å². The van der Waals surface area contributed by atoms with E-state index in [0.717, 1.165) is 36.9 Å². The van der Waals surface area contributed by atoms with E-state index < -0.39 is 35.0 Å². The van der Waals surface area contributed by atoms with E-state index in [1.807, 2.05) is 36.1 Å². The van der Waals surface area contributed by atoms with Crippen molar-refractivity contribution in [3.05, 3.63) is 71.1 Å². The smallest absolute Gasteiger partial charge is 0.328 e. The van der Waals surface area contributed by atoms with Gasteiger partial charge in [0.1, 0.15) is 28.7 Å². The zero-order valence-corrected chi connectivity index (χ0v) is 23.9. The summed E-state index contributed by atoms with van der Waals surface area (Å²) in [5, 5.41) is 37.8. The highest BCUT2D eigenvalue weighted by Gasteiger charge is 2.32. The molecule has 3 aromatic rings. The SMILES string of the molecule is C=C/N=C(/NC[C@H](NC(=O)c1c(O)cc2c(c1O)CCN(C(=O)c1oc3ccccc3c1CC)C2)C(=O)O)N1CCCC1. The molecular formula is C31H35N5O7. The van der Waals surface area contributed by atoms with Crippen molar-refractivity contribution in [1.82, 2.24) is 20.4 Å². The van der Waals surface area contributed by atoms with Crippen molar-refractivity contribution < 1.29 is 34.1 Å². The monoisotopic (exact) mass is 589 g/mol. The predicted octanol–water partition coefficient (Wildman–Crippen LogP) is 2.97. The topological polar surface area (TPSA) is 168 Å². The first-order chi connectivity index (χ1) is 20.7. The zero-order valence-electron chi connectivity index (χ0n) is 23.9. The van der Waals surface area contributed by atoms with Gasteiger partial charge >= 0.3 is 5.97 Å². The highest BCUT2D eigenvalue weighted by Crippen LogP contribution is 2.37. The molecule has 226 valence electrons. The first-order valence-electron chi connectivity index (χ1n) is 14.3. The van der Waals surface area contributed by atoms with E-state index in [0.29, 0.717) is 29.1 Å². The maximum absolute atomic E-state index is 13.5. The molecule has 0 aliphatic carbocycles. The van der Waals surface area contributed by atoms with Crippen LogP contribution >= 0.6 is 0 Å². The van der Waals surface area contributed by atoms with Crippen molar-refractivity contribution >= 4 is 34.7 Å². The largest absolute Gasteiger partial charge is 0.507 e. The Balaban J connectivity index is 1.32. The molecule has 1 saturated heterocycles. The number of carbonyl (C=O) groups excluding carboxylic acids is 2. The molecular weight excluding hydrogens is 554 g/mol. The summed E-state index contributed by atoms with van der Waals surface area (Å²) in [6.07, 6.45) is 4.15. The van der Waals surface area contributed by atoms with Gasteiger partial charge < -0.3 is 40.2 Å². The Kier molecular flexibility index (Phi) is 8.56. The third-order valence-electron chi connectivity index (χ3n) is 7.92. The number of likely N-dealkylation sites (tertiary alicyclic amines) is 1. The van der Waals surface area contributed by atoms with E-state index in [4.69, 9.17) is 4.42 Å². The molecule has 2 aliphatic heterocycles. The number of aryl methyl sites for hydroxylation is 1. The number of phenols is 2. The van der Waals surface area contributed by atoms with E-state index in [9.17, 15) is 29.7 Å². The number of aromatic hydroxyl groups is 2. The van der Waals surface area contributed by atoms with Crippen molar-refractivity contribution in [2.45, 2.75) is 45.2 Å². The minimum atomic E-state index is -1.38. The number of amides is 2. The fourth-order valence-corrected chi connectivity index (χ4v) is 5.74. The highest BCUT2D eigenvalue weighted by molar-refractivity contribution is 6.02. The number of hydrogen-bond donors (Lipinski definition) is 5. The maximum Gasteiger partial charge on any atom is 0.328 e. The molecule has 0 bridgehead atoms. The number of carboxylic acids is 1. The number of rotatable bonds is 8. The third kappa shape index (κ3) is 5.85. The summed E-state index contributed by atoms with van der Waals surface area (Å²) in [6, 6.07) is 7.40. The Morgan fingerprint density at radius 2 is 1.88 bits per heavy atom.